The Balaban J connectivity index is 1.61. The SMILES string of the molecule is CN(C)[C@@H]1C(=O)C(C(N)=O)=C(O)[C@@]2(O)C(=O)C3=C(O)c4c(O)ccc(/C=C/c5ccc(C(F)(F)F)cc5)c4C[C@@H]3C[C@H]12. The number of benzene rings is 2. The summed E-state index contributed by atoms with van der Waals surface area (Å²) < 4.78 is 38.8. The number of alkyl halides is 3. The summed E-state index contributed by atoms with van der Waals surface area (Å²) in [5, 5.41) is 44.5. The van der Waals surface area contributed by atoms with Gasteiger partial charge in [0.1, 0.15) is 22.8 Å². The van der Waals surface area contributed by atoms with Gasteiger partial charge in [-0.25, -0.2) is 0 Å². The van der Waals surface area contributed by atoms with Crippen molar-refractivity contribution in [1.82, 2.24) is 4.90 Å². The maximum atomic E-state index is 13.9. The molecule has 0 radical (unpaired) electrons. The Morgan fingerprint density at radius 2 is 1.69 bits per heavy atom. The van der Waals surface area contributed by atoms with Gasteiger partial charge in [0.15, 0.2) is 11.4 Å². The van der Waals surface area contributed by atoms with E-state index < -0.39 is 69.8 Å². The van der Waals surface area contributed by atoms with Crippen molar-refractivity contribution >= 4 is 35.4 Å². The van der Waals surface area contributed by atoms with Crippen LogP contribution in [0.2, 0.25) is 0 Å². The highest BCUT2D eigenvalue weighted by Gasteiger charge is 2.64. The van der Waals surface area contributed by atoms with Gasteiger partial charge in [-0.2, -0.15) is 13.2 Å². The summed E-state index contributed by atoms with van der Waals surface area (Å²) >= 11 is 0. The molecule has 1 amide bonds. The second-order valence-corrected chi connectivity index (χ2v) is 10.9. The highest BCUT2D eigenvalue weighted by Crippen LogP contribution is 2.53. The van der Waals surface area contributed by atoms with Crippen LogP contribution in [0.1, 0.15) is 34.2 Å². The third-order valence-electron chi connectivity index (χ3n) is 8.33. The van der Waals surface area contributed by atoms with Crippen LogP contribution in [0, 0.1) is 11.8 Å². The highest BCUT2D eigenvalue weighted by atomic mass is 19.4. The molecule has 0 aromatic heterocycles. The molecule has 4 atom stereocenters. The van der Waals surface area contributed by atoms with Crippen LogP contribution in [0.15, 0.2) is 53.3 Å². The number of phenols is 1. The minimum absolute atomic E-state index is 0.0660. The molecule has 0 saturated heterocycles. The van der Waals surface area contributed by atoms with Crippen LogP contribution < -0.4 is 5.73 Å². The zero-order chi connectivity index (χ0) is 30.9. The Bertz CT molecular complexity index is 1620. The number of carbonyl (C=O) groups is 3. The number of halogens is 3. The molecule has 3 aliphatic rings. The molecule has 1 fully saturated rings. The minimum Gasteiger partial charge on any atom is -0.508 e. The van der Waals surface area contributed by atoms with Gasteiger partial charge < -0.3 is 26.2 Å². The number of fused-ring (bicyclic) bond motifs is 3. The molecule has 9 nitrogen and oxygen atoms in total. The zero-order valence-electron chi connectivity index (χ0n) is 22.4. The van der Waals surface area contributed by atoms with E-state index in [1.54, 1.807) is 18.2 Å². The second-order valence-electron chi connectivity index (χ2n) is 10.9. The third-order valence-corrected chi connectivity index (χ3v) is 8.33. The van der Waals surface area contributed by atoms with E-state index in [0.717, 1.165) is 12.1 Å². The molecule has 12 heteroatoms. The predicted molar refractivity (Wildman–Crippen MR) is 145 cm³/mol. The lowest BCUT2D eigenvalue weighted by Gasteiger charge is -2.50. The monoisotopic (exact) mass is 584 g/mol. The first-order chi connectivity index (χ1) is 19.6. The maximum absolute atomic E-state index is 13.9. The van der Waals surface area contributed by atoms with Gasteiger partial charge in [-0.05, 0) is 67.7 Å². The number of nitrogens with zero attached hydrogens (tertiary/aromatic N) is 1. The number of primary amides is 1. The summed E-state index contributed by atoms with van der Waals surface area (Å²) in [6, 6.07) is 6.11. The number of aliphatic hydroxyl groups excluding tert-OH is 2. The van der Waals surface area contributed by atoms with E-state index >= 15 is 0 Å². The van der Waals surface area contributed by atoms with Crippen LogP contribution >= 0.6 is 0 Å². The van der Waals surface area contributed by atoms with Crippen LogP contribution in [-0.2, 0) is 27.0 Å². The fraction of sp³-hybridized carbons (Fsp3) is 0.300. The molecule has 220 valence electrons. The Labute approximate surface area is 237 Å². The van der Waals surface area contributed by atoms with Crippen molar-refractivity contribution in [2.45, 2.75) is 30.7 Å². The molecule has 5 rings (SSSR count). The van der Waals surface area contributed by atoms with E-state index in [4.69, 9.17) is 5.73 Å². The Hall–Kier alpha value is -4.42. The van der Waals surface area contributed by atoms with Gasteiger partial charge in [-0.1, -0.05) is 30.4 Å². The molecular weight excluding hydrogens is 557 g/mol. The van der Waals surface area contributed by atoms with E-state index in [1.807, 2.05) is 0 Å². The lowest BCUT2D eigenvalue weighted by Crippen LogP contribution is -2.65. The summed E-state index contributed by atoms with van der Waals surface area (Å²) in [5.41, 5.74) is 1.93. The van der Waals surface area contributed by atoms with Gasteiger partial charge in [0, 0.05) is 11.5 Å². The van der Waals surface area contributed by atoms with Gasteiger partial charge in [0.2, 0.25) is 5.78 Å². The summed E-state index contributed by atoms with van der Waals surface area (Å²) in [6.45, 7) is 0. The number of aliphatic hydroxyl groups is 3. The van der Waals surface area contributed by atoms with Gasteiger partial charge in [0.25, 0.3) is 5.91 Å². The number of ketones is 2. The van der Waals surface area contributed by atoms with E-state index in [9.17, 15) is 48.0 Å². The molecule has 0 spiro atoms. The first-order valence-electron chi connectivity index (χ1n) is 12.9. The van der Waals surface area contributed by atoms with E-state index in [-0.39, 0.29) is 29.7 Å². The molecule has 0 unspecified atom stereocenters. The first-order valence-corrected chi connectivity index (χ1v) is 12.9. The van der Waals surface area contributed by atoms with Gasteiger partial charge in [-0.3, -0.25) is 19.3 Å². The van der Waals surface area contributed by atoms with E-state index in [1.165, 1.54) is 37.2 Å². The number of hydrogen-bond donors (Lipinski definition) is 5. The Morgan fingerprint density at radius 3 is 2.26 bits per heavy atom. The summed E-state index contributed by atoms with van der Waals surface area (Å²) in [7, 11) is 3.02. The van der Waals surface area contributed by atoms with Crippen LogP contribution in [0.3, 0.4) is 0 Å². The van der Waals surface area contributed by atoms with Crippen molar-refractivity contribution in [3.05, 3.63) is 81.1 Å². The fourth-order valence-electron chi connectivity index (χ4n) is 6.39. The Morgan fingerprint density at radius 1 is 1.05 bits per heavy atom. The fourth-order valence-corrected chi connectivity index (χ4v) is 6.39. The molecule has 0 aliphatic heterocycles. The normalized spacial score (nSPS) is 26.0. The van der Waals surface area contributed by atoms with Crippen molar-refractivity contribution in [2.75, 3.05) is 14.1 Å². The molecule has 3 aliphatic carbocycles. The predicted octanol–water partition coefficient (Wildman–Crippen LogP) is 3.15. The molecule has 42 heavy (non-hydrogen) atoms. The van der Waals surface area contributed by atoms with E-state index in [0.29, 0.717) is 16.7 Å². The first kappa shape index (κ1) is 29.1. The van der Waals surface area contributed by atoms with Crippen molar-refractivity contribution in [2.24, 2.45) is 17.6 Å². The standard InChI is InChI=1S/C30H27F3N2O7/c1-35(2)23-18-12-15-11-17-14(6-3-13-4-8-16(9-5-13)30(31,32)33)7-10-19(36)21(17)24(37)20(15)26(39)29(18,42)27(40)22(25(23)38)28(34)41/h3-10,15,18,23,36-37,40,42H,11-12H2,1-2H3,(H2,34,41)/b6-3+/t15-,18-,23+,29+/m1/s1. The number of nitrogens with two attached hydrogens (primary N) is 1. The largest absolute Gasteiger partial charge is 0.508 e. The van der Waals surface area contributed by atoms with Crippen molar-refractivity contribution < 1.29 is 48.0 Å². The van der Waals surface area contributed by atoms with E-state index in [2.05, 4.69) is 0 Å². The lowest BCUT2D eigenvalue weighted by atomic mass is 9.57. The molecule has 0 heterocycles. The molecule has 0 bridgehead atoms. The number of amides is 1. The Kier molecular flexibility index (Phi) is 6.82. The number of aromatic hydroxyl groups is 1. The number of carbonyl (C=O) groups excluding carboxylic acids is 3. The number of likely N-dealkylation sites (N-methyl/N-ethyl adjacent to an activating group) is 1. The number of rotatable bonds is 4. The summed E-state index contributed by atoms with van der Waals surface area (Å²) in [5.74, 6) is -7.42. The highest BCUT2D eigenvalue weighted by molar-refractivity contribution is 6.24. The number of hydrogen-bond acceptors (Lipinski definition) is 8. The quantitative estimate of drug-likeness (QED) is 0.271. The minimum atomic E-state index is -4.48. The summed E-state index contributed by atoms with van der Waals surface area (Å²) in [4.78, 5) is 40.6. The zero-order valence-corrected chi connectivity index (χ0v) is 22.4. The lowest BCUT2D eigenvalue weighted by molar-refractivity contribution is -0.153. The van der Waals surface area contributed by atoms with Crippen molar-refractivity contribution in [1.29, 1.82) is 0 Å². The van der Waals surface area contributed by atoms with Gasteiger partial charge in [-0.15, -0.1) is 0 Å². The molecule has 1 saturated carbocycles. The molecule has 2 aromatic carbocycles. The van der Waals surface area contributed by atoms with Crippen LogP contribution in [0.25, 0.3) is 17.9 Å². The second kappa shape index (κ2) is 9.85. The third kappa shape index (κ3) is 4.29. The van der Waals surface area contributed by atoms with Crippen LogP contribution in [-0.4, -0.2) is 68.5 Å². The van der Waals surface area contributed by atoms with Crippen molar-refractivity contribution in [3.8, 4) is 5.75 Å². The van der Waals surface area contributed by atoms with Gasteiger partial charge >= 0.3 is 6.18 Å². The van der Waals surface area contributed by atoms with Crippen molar-refractivity contribution in [3.63, 3.8) is 0 Å². The summed E-state index contributed by atoms with van der Waals surface area (Å²) in [6.07, 6.45) is -1.31. The number of Topliss-reactive ketones (excluding diaryl/α,β-unsaturated/α-hetero) is 2. The smallest absolute Gasteiger partial charge is 0.416 e. The maximum Gasteiger partial charge on any atom is 0.416 e. The topological polar surface area (TPSA) is 161 Å². The molecular formula is C30H27F3N2O7. The van der Waals surface area contributed by atoms with Gasteiger partial charge in [0.05, 0.1) is 17.2 Å². The molecule has 2 aromatic rings. The number of phenolic OH excluding ortho intramolecular Hbond substituents is 1. The average Bonchev–Trinajstić information content (AvgIpc) is 2.89. The average molecular weight is 585 g/mol. The van der Waals surface area contributed by atoms with Crippen LogP contribution in [0.5, 0.6) is 5.75 Å². The molecule has 6 N–H and O–H groups in total. The van der Waals surface area contributed by atoms with Crippen LogP contribution in [0.4, 0.5) is 13.2 Å².